The Kier molecular flexibility index (Phi) is 15.4. The minimum atomic E-state index is -4.27. The van der Waals surface area contributed by atoms with Crippen LogP contribution >= 0.6 is 0 Å². The van der Waals surface area contributed by atoms with Gasteiger partial charge in [-0.3, -0.25) is 0 Å². The first-order valence-corrected chi connectivity index (χ1v) is 9.98. The molecule has 0 aliphatic rings. The molecular weight excluding hydrogens is 549 g/mol. The molecule has 0 atom stereocenters. The summed E-state index contributed by atoms with van der Waals surface area (Å²) in [7, 11) is 0. The standard InChI is InChI=1S/2C8H7F3O.2C5H5.Zr/c2*9-8(10,11)5-6-3-1-2-4-7(6)12;2*1-2-4-5-3-1;/h2*1-4,12H,5H2;2*1-5H;/q;;2*-1;+2. The van der Waals surface area contributed by atoms with E-state index in [1.807, 2.05) is 60.7 Å². The summed E-state index contributed by atoms with van der Waals surface area (Å²) in [5.74, 6) is -0.621. The van der Waals surface area contributed by atoms with Crippen LogP contribution < -0.4 is 0 Å². The Balaban J connectivity index is 0.000000468. The molecular formula is C26H24F6O2Zr. The second kappa shape index (κ2) is 16.8. The molecule has 4 rings (SSSR count). The van der Waals surface area contributed by atoms with Crippen molar-refractivity contribution >= 4 is 0 Å². The van der Waals surface area contributed by atoms with Crippen molar-refractivity contribution in [2.45, 2.75) is 25.2 Å². The van der Waals surface area contributed by atoms with Crippen LogP contribution in [0.25, 0.3) is 0 Å². The summed E-state index contributed by atoms with van der Waals surface area (Å²) in [5.41, 5.74) is -0.185. The normalized spacial score (nSPS) is 10.2. The molecule has 0 fully saturated rings. The third-order valence-electron chi connectivity index (χ3n) is 3.88. The van der Waals surface area contributed by atoms with Crippen LogP contribution in [-0.2, 0) is 39.0 Å². The van der Waals surface area contributed by atoms with Crippen LogP contribution in [0.2, 0.25) is 0 Å². The number of phenolic OH excluding ortho intramolecular Hbond substituents is 2. The predicted octanol–water partition coefficient (Wildman–Crippen LogP) is 7.80. The average molecular weight is 574 g/mol. The number of benzene rings is 2. The molecule has 0 aromatic heterocycles. The quantitative estimate of drug-likeness (QED) is 0.190. The Morgan fingerprint density at radius 3 is 1.00 bits per heavy atom. The van der Waals surface area contributed by atoms with Crippen molar-refractivity contribution in [3.05, 3.63) is 120 Å². The molecule has 4 aromatic rings. The van der Waals surface area contributed by atoms with Crippen molar-refractivity contribution in [1.29, 1.82) is 0 Å². The molecule has 9 heteroatoms. The van der Waals surface area contributed by atoms with E-state index in [2.05, 4.69) is 0 Å². The summed E-state index contributed by atoms with van der Waals surface area (Å²) in [6, 6.07) is 30.9. The largest absolute Gasteiger partial charge is 2.00 e. The molecule has 0 radical (unpaired) electrons. The minimum absolute atomic E-state index is 0. The number of hydrogen-bond donors (Lipinski definition) is 2. The minimum Gasteiger partial charge on any atom is -0.508 e. The van der Waals surface area contributed by atoms with Crippen LogP contribution in [0.5, 0.6) is 11.5 Å². The van der Waals surface area contributed by atoms with Gasteiger partial charge in [0, 0.05) is 11.1 Å². The van der Waals surface area contributed by atoms with Crippen molar-refractivity contribution < 1.29 is 62.8 Å². The molecule has 2 nitrogen and oxygen atoms in total. The van der Waals surface area contributed by atoms with Gasteiger partial charge in [0.25, 0.3) is 0 Å². The Bertz CT molecular complexity index is 893. The smallest absolute Gasteiger partial charge is 0.508 e. The zero-order valence-electron chi connectivity index (χ0n) is 18.5. The Morgan fingerprint density at radius 1 is 0.514 bits per heavy atom. The van der Waals surface area contributed by atoms with E-state index < -0.39 is 25.2 Å². The van der Waals surface area contributed by atoms with E-state index in [0.717, 1.165) is 0 Å². The van der Waals surface area contributed by atoms with E-state index in [1.165, 1.54) is 48.5 Å². The molecule has 0 aliphatic heterocycles. The molecule has 0 heterocycles. The zero-order chi connectivity index (χ0) is 25.5. The fourth-order valence-electron chi connectivity index (χ4n) is 2.39. The van der Waals surface area contributed by atoms with Crippen LogP contribution in [0.3, 0.4) is 0 Å². The predicted molar refractivity (Wildman–Crippen MR) is 120 cm³/mol. The summed E-state index contributed by atoms with van der Waals surface area (Å²) >= 11 is 0. The maximum atomic E-state index is 11.8. The van der Waals surface area contributed by atoms with Gasteiger partial charge in [-0.25, -0.2) is 24.3 Å². The fraction of sp³-hybridized carbons (Fsp3) is 0.154. The van der Waals surface area contributed by atoms with E-state index in [-0.39, 0.29) is 48.8 Å². The third kappa shape index (κ3) is 17.3. The topological polar surface area (TPSA) is 40.5 Å². The molecule has 2 N–H and O–H groups in total. The monoisotopic (exact) mass is 572 g/mol. The summed E-state index contributed by atoms with van der Waals surface area (Å²) in [6.07, 6.45) is -10.7. The number of halogens is 6. The number of hydrogen-bond acceptors (Lipinski definition) is 2. The van der Waals surface area contributed by atoms with Gasteiger partial charge in [0.1, 0.15) is 11.5 Å². The number of para-hydroxylation sites is 2. The summed E-state index contributed by atoms with van der Waals surface area (Å²) in [6.45, 7) is 0. The molecule has 0 saturated heterocycles. The first-order valence-electron chi connectivity index (χ1n) is 9.98. The number of rotatable bonds is 2. The molecule has 0 saturated carbocycles. The molecule has 0 unspecified atom stereocenters. The maximum absolute atomic E-state index is 11.8. The summed E-state index contributed by atoms with van der Waals surface area (Å²) in [5, 5.41) is 17.9. The van der Waals surface area contributed by atoms with Crippen LogP contribution in [0.1, 0.15) is 11.1 Å². The Morgan fingerprint density at radius 2 is 0.800 bits per heavy atom. The van der Waals surface area contributed by atoms with Gasteiger partial charge in [-0.1, -0.05) is 36.4 Å². The Labute approximate surface area is 219 Å². The van der Waals surface area contributed by atoms with Gasteiger partial charge >= 0.3 is 38.6 Å². The maximum Gasteiger partial charge on any atom is 2.00 e. The SMILES string of the molecule is Oc1ccccc1CC(F)(F)F.Oc1ccccc1CC(F)(F)F.[Zr+2].c1cc[cH-]c1.c1cc[cH-]c1. The van der Waals surface area contributed by atoms with Crippen LogP contribution in [0.15, 0.2) is 109 Å². The number of aromatic hydroxyl groups is 2. The first-order chi connectivity index (χ1) is 16.0. The molecule has 186 valence electrons. The zero-order valence-corrected chi connectivity index (χ0v) is 20.9. The first kappa shape index (κ1) is 32.2. The van der Waals surface area contributed by atoms with E-state index in [9.17, 15) is 26.3 Å². The third-order valence-corrected chi connectivity index (χ3v) is 3.88. The van der Waals surface area contributed by atoms with Gasteiger partial charge in [0.05, 0.1) is 12.8 Å². The van der Waals surface area contributed by atoms with Gasteiger partial charge < -0.3 is 10.2 Å². The number of phenols is 2. The van der Waals surface area contributed by atoms with Crippen LogP contribution in [0, 0.1) is 0 Å². The van der Waals surface area contributed by atoms with Crippen molar-refractivity contribution in [2.75, 3.05) is 0 Å². The summed E-state index contributed by atoms with van der Waals surface area (Å²) < 4.78 is 70.9. The van der Waals surface area contributed by atoms with Crippen molar-refractivity contribution in [1.82, 2.24) is 0 Å². The number of alkyl halides is 6. The molecule has 0 bridgehead atoms. The van der Waals surface area contributed by atoms with Gasteiger partial charge in [-0.05, 0) is 12.1 Å². The van der Waals surface area contributed by atoms with E-state index in [1.54, 1.807) is 0 Å². The molecule has 0 aliphatic carbocycles. The van der Waals surface area contributed by atoms with Gasteiger partial charge in [0.2, 0.25) is 0 Å². The van der Waals surface area contributed by atoms with Crippen LogP contribution in [-0.4, -0.2) is 22.6 Å². The fourth-order valence-corrected chi connectivity index (χ4v) is 2.39. The van der Waals surface area contributed by atoms with E-state index >= 15 is 0 Å². The average Bonchev–Trinajstić information content (AvgIpc) is 3.49. The van der Waals surface area contributed by atoms with Crippen molar-refractivity contribution in [2.24, 2.45) is 0 Å². The van der Waals surface area contributed by atoms with Crippen molar-refractivity contribution in [3.63, 3.8) is 0 Å². The van der Waals surface area contributed by atoms with Gasteiger partial charge in [-0.15, -0.1) is 0 Å². The second-order valence-electron chi connectivity index (χ2n) is 6.77. The van der Waals surface area contributed by atoms with Crippen LogP contribution in [0.4, 0.5) is 26.3 Å². The molecule has 4 aromatic carbocycles. The Hall–Kier alpha value is -2.80. The molecule has 0 amide bonds. The summed E-state index contributed by atoms with van der Waals surface area (Å²) in [4.78, 5) is 0. The van der Waals surface area contributed by atoms with Gasteiger partial charge in [0.15, 0.2) is 0 Å². The van der Waals surface area contributed by atoms with E-state index in [4.69, 9.17) is 10.2 Å². The molecule has 35 heavy (non-hydrogen) atoms. The van der Waals surface area contributed by atoms with E-state index in [0.29, 0.717) is 0 Å². The molecule has 0 spiro atoms. The second-order valence-corrected chi connectivity index (χ2v) is 6.77. The van der Waals surface area contributed by atoms with Crippen molar-refractivity contribution in [3.8, 4) is 11.5 Å². The van der Waals surface area contributed by atoms with Gasteiger partial charge in [-0.2, -0.15) is 62.7 Å².